The zero-order valence-corrected chi connectivity index (χ0v) is 18.8. The first kappa shape index (κ1) is 21.0. The second kappa shape index (κ2) is 8.50. The average Bonchev–Trinajstić information content (AvgIpc) is 2.78. The van der Waals surface area contributed by atoms with Gasteiger partial charge in [0.15, 0.2) is 0 Å². The SMILES string of the molecule is N#Cc1ccc(S(=O)(=O)N2CCC(C(=O)N3CCCc4cc(Br)ccc43)CC2)cc1. The van der Waals surface area contributed by atoms with Crippen molar-refractivity contribution in [3.05, 3.63) is 58.1 Å². The van der Waals surface area contributed by atoms with Crippen LogP contribution in [0.25, 0.3) is 0 Å². The second-order valence-electron chi connectivity index (χ2n) is 7.68. The van der Waals surface area contributed by atoms with E-state index in [2.05, 4.69) is 22.0 Å². The molecular formula is C22H22BrN3O3S. The fourth-order valence-corrected chi connectivity index (χ4v) is 6.09. The second-order valence-corrected chi connectivity index (χ2v) is 10.5. The van der Waals surface area contributed by atoms with Crippen molar-refractivity contribution in [1.29, 1.82) is 5.26 Å². The summed E-state index contributed by atoms with van der Waals surface area (Å²) in [6, 6.07) is 14.0. The van der Waals surface area contributed by atoms with Crippen molar-refractivity contribution in [3.63, 3.8) is 0 Å². The third kappa shape index (κ3) is 4.02. The molecule has 0 spiro atoms. The number of aryl methyl sites for hydroxylation is 1. The summed E-state index contributed by atoms with van der Waals surface area (Å²) in [5.41, 5.74) is 2.57. The molecule has 2 aliphatic rings. The van der Waals surface area contributed by atoms with E-state index in [0.29, 0.717) is 38.0 Å². The number of anilines is 1. The minimum absolute atomic E-state index is 0.0914. The van der Waals surface area contributed by atoms with E-state index < -0.39 is 10.0 Å². The number of rotatable bonds is 3. The van der Waals surface area contributed by atoms with E-state index in [4.69, 9.17) is 5.26 Å². The minimum Gasteiger partial charge on any atom is -0.312 e. The zero-order valence-electron chi connectivity index (χ0n) is 16.4. The molecule has 0 unspecified atom stereocenters. The molecule has 2 heterocycles. The molecule has 6 nitrogen and oxygen atoms in total. The van der Waals surface area contributed by atoms with Gasteiger partial charge in [0.05, 0.1) is 16.5 Å². The number of amides is 1. The molecule has 2 aromatic carbocycles. The highest BCUT2D eigenvalue weighted by Gasteiger charge is 2.35. The summed E-state index contributed by atoms with van der Waals surface area (Å²) in [7, 11) is -3.62. The van der Waals surface area contributed by atoms with E-state index in [-0.39, 0.29) is 16.7 Å². The summed E-state index contributed by atoms with van der Waals surface area (Å²) in [6.07, 6.45) is 2.91. The lowest BCUT2D eigenvalue weighted by Gasteiger charge is -2.36. The number of benzene rings is 2. The molecule has 0 bridgehead atoms. The highest BCUT2D eigenvalue weighted by Crippen LogP contribution is 2.33. The Balaban J connectivity index is 1.45. The maximum absolute atomic E-state index is 13.2. The Bertz CT molecular complexity index is 1100. The van der Waals surface area contributed by atoms with E-state index in [1.165, 1.54) is 34.1 Å². The number of nitriles is 1. The molecule has 4 rings (SSSR count). The standard InChI is InChI=1S/C22H22BrN3O3S/c23-19-5-8-21-18(14-19)2-1-11-26(21)22(27)17-9-12-25(13-10-17)30(28,29)20-6-3-16(15-24)4-7-20/h3-8,14,17H,1-2,9-13H2. The number of sulfonamides is 1. The zero-order chi connectivity index (χ0) is 21.3. The first-order valence-electron chi connectivity index (χ1n) is 10.0. The summed E-state index contributed by atoms with van der Waals surface area (Å²) < 4.78 is 28.3. The number of hydrogen-bond acceptors (Lipinski definition) is 4. The van der Waals surface area contributed by atoms with Crippen molar-refractivity contribution >= 4 is 37.5 Å². The predicted molar refractivity (Wildman–Crippen MR) is 117 cm³/mol. The molecule has 2 aromatic rings. The first-order chi connectivity index (χ1) is 14.4. The van der Waals surface area contributed by atoms with E-state index in [1.54, 1.807) is 0 Å². The summed E-state index contributed by atoms with van der Waals surface area (Å²) in [4.78, 5) is 15.3. The lowest BCUT2D eigenvalue weighted by Crippen LogP contribution is -2.45. The average molecular weight is 488 g/mol. The number of halogens is 1. The van der Waals surface area contributed by atoms with E-state index >= 15 is 0 Å². The van der Waals surface area contributed by atoms with Crippen LogP contribution in [0.4, 0.5) is 5.69 Å². The monoisotopic (exact) mass is 487 g/mol. The third-order valence-electron chi connectivity index (χ3n) is 5.85. The van der Waals surface area contributed by atoms with Gasteiger partial charge in [-0.15, -0.1) is 0 Å². The highest BCUT2D eigenvalue weighted by atomic mass is 79.9. The van der Waals surface area contributed by atoms with Gasteiger partial charge in [0, 0.05) is 35.7 Å². The molecular weight excluding hydrogens is 466 g/mol. The van der Waals surface area contributed by atoms with Crippen LogP contribution >= 0.6 is 15.9 Å². The topological polar surface area (TPSA) is 81.5 Å². The van der Waals surface area contributed by atoms with Gasteiger partial charge < -0.3 is 4.90 Å². The molecule has 0 aliphatic carbocycles. The largest absolute Gasteiger partial charge is 0.312 e. The van der Waals surface area contributed by atoms with Crippen molar-refractivity contribution in [2.75, 3.05) is 24.5 Å². The predicted octanol–water partition coefficient (Wildman–Crippen LogP) is 3.70. The Kier molecular flexibility index (Phi) is 5.96. The number of carbonyl (C=O) groups excluding carboxylic acids is 1. The van der Waals surface area contributed by atoms with Crippen LogP contribution < -0.4 is 4.90 Å². The molecule has 2 aliphatic heterocycles. The Morgan fingerprint density at radius 1 is 1.07 bits per heavy atom. The van der Waals surface area contributed by atoms with Crippen LogP contribution in [0.15, 0.2) is 51.8 Å². The van der Waals surface area contributed by atoms with Gasteiger partial charge in [-0.2, -0.15) is 9.57 Å². The molecule has 1 saturated heterocycles. The maximum atomic E-state index is 13.2. The molecule has 0 radical (unpaired) electrons. The van der Waals surface area contributed by atoms with Crippen LogP contribution in [0.2, 0.25) is 0 Å². The van der Waals surface area contributed by atoms with Gasteiger partial charge >= 0.3 is 0 Å². The summed E-state index contributed by atoms with van der Waals surface area (Å²) in [6.45, 7) is 1.34. The Morgan fingerprint density at radius 3 is 2.43 bits per heavy atom. The fourth-order valence-electron chi connectivity index (χ4n) is 4.21. The van der Waals surface area contributed by atoms with Crippen molar-refractivity contribution in [2.45, 2.75) is 30.6 Å². The van der Waals surface area contributed by atoms with Crippen molar-refractivity contribution in [3.8, 4) is 6.07 Å². The van der Waals surface area contributed by atoms with Crippen molar-refractivity contribution in [2.24, 2.45) is 5.92 Å². The molecule has 0 atom stereocenters. The van der Waals surface area contributed by atoms with Gasteiger partial charge in [0.25, 0.3) is 0 Å². The minimum atomic E-state index is -3.62. The van der Waals surface area contributed by atoms with Crippen LogP contribution in [-0.4, -0.2) is 38.3 Å². The first-order valence-corrected chi connectivity index (χ1v) is 12.2. The molecule has 30 heavy (non-hydrogen) atoms. The van der Waals surface area contributed by atoms with Gasteiger partial charge in [-0.05, 0) is 73.7 Å². The Morgan fingerprint density at radius 2 is 1.77 bits per heavy atom. The number of fused-ring (bicyclic) bond motifs is 1. The highest BCUT2D eigenvalue weighted by molar-refractivity contribution is 9.10. The van der Waals surface area contributed by atoms with Gasteiger partial charge in [-0.25, -0.2) is 8.42 Å². The summed E-state index contributed by atoms with van der Waals surface area (Å²) in [5, 5.41) is 8.90. The fraction of sp³-hybridized carbons (Fsp3) is 0.364. The number of piperidine rings is 1. The van der Waals surface area contributed by atoms with Crippen LogP contribution in [0.3, 0.4) is 0 Å². The summed E-state index contributed by atoms with van der Waals surface area (Å²) >= 11 is 3.49. The molecule has 1 fully saturated rings. The van der Waals surface area contributed by atoms with Gasteiger partial charge in [0.2, 0.25) is 15.9 Å². The number of hydrogen-bond donors (Lipinski definition) is 0. The van der Waals surface area contributed by atoms with Crippen LogP contribution in [0, 0.1) is 17.2 Å². The van der Waals surface area contributed by atoms with E-state index in [1.807, 2.05) is 23.1 Å². The number of nitrogens with zero attached hydrogens (tertiary/aromatic N) is 3. The van der Waals surface area contributed by atoms with Gasteiger partial charge in [-0.1, -0.05) is 15.9 Å². The molecule has 0 aromatic heterocycles. The lowest BCUT2D eigenvalue weighted by molar-refractivity contribution is -0.123. The van der Waals surface area contributed by atoms with Crippen LogP contribution in [0.1, 0.15) is 30.4 Å². The van der Waals surface area contributed by atoms with Gasteiger partial charge in [-0.3, -0.25) is 4.79 Å². The molecule has 0 saturated carbocycles. The Labute approximate surface area is 185 Å². The van der Waals surface area contributed by atoms with Crippen molar-refractivity contribution in [1.82, 2.24) is 4.31 Å². The quantitative estimate of drug-likeness (QED) is 0.660. The lowest BCUT2D eigenvalue weighted by atomic mass is 9.94. The van der Waals surface area contributed by atoms with Crippen LogP contribution in [-0.2, 0) is 21.2 Å². The van der Waals surface area contributed by atoms with Crippen LogP contribution in [0.5, 0.6) is 0 Å². The van der Waals surface area contributed by atoms with E-state index in [0.717, 1.165) is 23.0 Å². The smallest absolute Gasteiger partial charge is 0.243 e. The van der Waals surface area contributed by atoms with Gasteiger partial charge in [0.1, 0.15) is 0 Å². The van der Waals surface area contributed by atoms with Crippen molar-refractivity contribution < 1.29 is 13.2 Å². The molecule has 1 amide bonds. The molecule has 8 heteroatoms. The normalized spacial score (nSPS) is 17.9. The summed E-state index contributed by atoms with van der Waals surface area (Å²) in [5.74, 6) is -0.0827. The Hall–Kier alpha value is -2.21. The maximum Gasteiger partial charge on any atom is 0.243 e. The van der Waals surface area contributed by atoms with E-state index in [9.17, 15) is 13.2 Å². The molecule has 0 N–H and O–H groups in total. The molecule has 156 valence electrons. The number of carbonyl (C=O) groups is 1. The third-order valence-corrected chi connectivity index (χ3v) is 8.26.